The number of nitrogens with zero attached hydrogens (tertiary/aromatic N) is 2. The number of likely N-dealkylation sites (tertiary alicyclic amines) is 1. The van der Waals surface area contributed by atoms with E-state index in [1.807, 2.05) is 35.2 Å². The van der Waals surface area contributed by atoms with Gasteiger partial charge >= 0.3 is 0 Å². The molecule has 4 rings (SSSR count). The van der Waals surface area contributed by atoms with Gasteiger partial charge in [0.25, 0.3) is 5.91 Å². The average molecular weight is 366 g/mol. The van der Waals surface area contributed by atoms with Crippen LogP contribution in [0.4, 0.5) is 0 Å². The molecule has 2 aromatic rings. The highest BCUT2D eigenvalue weighted by atomic mass is 16.5. The zero-order valence-corrected chi connectivity index (χ0v) is 15.7. The summed E-state index contributed by atoms with van der Waals surface area (Å²) >= 11 is 0. The molecule has 0 spiro atoms. The SMILES string of the molecule is COc1ncccc1C(=O)N1CCC(O)(c2ccccc2)[C@@H]2CCCC[C@@H]21. The zero-order chi connectivity index (χ0) is 18.9. The van der Waals surface area contributed by atoms with Gasteiger partial charge in [-0.1, -0.05) is 43.2 Å². The number of pyridine rings is 1. The maximum Gasteiger partial charge on any atom is 0.259 e. The highest BCUT2D eigenvalue weighted by molar-refractivity contribution is 5.96. The molecule has 5 nitrogen and oxygen atoms in total. The Balaban J connectivity index is 1.67. The summed E-state index contributed by atoms with van der Waals surface area (Å²) in [6.45, 7) is 0.531. The first-order chi connectivity index (χ1) is 13.1. The summed E-state index contributed by atoms with van der Waals surface area (Å²) in [5.74, 6) is 0.361. The van der Waals surface area contributed by atoms with Crippen molar-refractivity contribution in [1.29, 1.82) is 0 Å². The smallest absolute Gasteiger partial charge is 0.259 e. The molecule has 1 saturated heterocycles. The number of aliphatic hydroxyl groups is 1. The van der Waals surface area contributed by atoms with E-state index in [0.717, 1.165) is 31.2 Å². The molecule has 2 aliphatic rings. The number of benzene rings is 1. The lowest BCUT2D eigenvalue weighted by atomic mass is 9.66. The van der Waals surface area contributed by atoms with Gasteiger partial charge in [-0.05, 0) is 37.0 Å². The van der Waals surface area contributed by atoms with E-state index in [1.54, 1.807) is 18.3 Å². The van der Waals surface area contributed by atoms with E-state index < -0.39 is 5.60 Å². The number of aromatic nitrogens is 1. The van der Waals surface area contributed by atoms with Gasteiger partial charge in [0.1, 0.15) is 5.56 Å². The van der Waals surface area contributed by atoms with Crippen LogP contribution in [-0.2, 0) is 5.60 Å². The molecule has 1 aliphatic carbocycles. The summed E-state index contributed by atoms with van der Waals surface area (Å²) in [7, 11) is 1.53. The van der Waals surface area contributed by atoms with Crippen LogP contribution < -0.4 is 4.74 Å². The maximum absolute atomic E-state index is 13.3. The van der Waals surface area contributed by atoms with Crippen molar-refractivity contribution >= 4 is 5.91 Å². The van der Waals surface area contributed by atoms with Gasteiger partial charge < -0.3 is 14.7 Å². The predicted octanol–water partition coefficient (Wildman–Crippen LogP) is 3.38. The Morgan fingerprint density at radius 2 is 1.96 bits per heavy atom. The second-order valence-corrected chi connectivity index (χ2v) is 7.56. The number of carbonyl (C=O) groups is 1. The molecule has 2 fully saturated rings. The number of piperidine rings is 1. The third-order valence-electron chi connectivity index (χ3n) is 6.21. The summed E-state index contributed by atoms with van der Waals surface area (Å²) in [6.07, 6.45) is 6.21. The second-order valence-electron chi connectivity index (χ2n) is 7.56. The fourth-order valence-corrected chi connectivity index (χ4v) is 4.89. The highest BCUT2D eigenvalue weighted by Crippen LogP contribution is 2.47. The molecule has 1 aromatic heterocycles. The van der Waals surface area contributed by atoms with Crippen LogP contribution in [0.2, 0.25) is 0 Å². The lowest BCUT2D eigenvalue weighted by Crippen LogP contribution is -2.59. The van der Waals surface area contributed by atoms with Crippen LogP contribution in [0.3, 0.4) is 0 Å². The van der Waals surface area contributed by atoms with Gasteiger partial charge in [-0.3, -0.25) is 4.79 Å². The van der Waals surface area contributed by atoms with Crippen LogP contribution in [0.25, 0.3) is 0 Å². The van der Waals surface area contributed by atoms with Crippen molar-refractivity contribution in [1.82, 2.24) is 9.88 Å². The Labute approximate surface area is 160 Å². The van der Waals surface area contributed by atoms with E-state index in [-0.39, 0.29) is 17.9 Å². The van der Waals surface area contributed by atoms with Crippen LogP contribution in [0.15, 0.2) is 48.7 Å². The summed E-state index contributed by atoms with van der Waals surface area (Å²) < 4.78 is 5.30. The number of ether oxygens (including phenoxy) is 1. The van der Waals surface area contributed by atoms with Crippen LogP contribution in [0.5, 0.6) is 5.88 Å². The molecule has 1 unspecified atom stereocenters. The molecule has 1 amide bonds. The van der Waals surface area contributed by atoms with Crippen molar-refractivity contribution in [2.75, 3.05) is 13.7 Å². The quantitative estimate of drug-likeness (QED) is 0.905. The largest absolute Gasteiger partial charge is 0.480 e. The van der Waals surface area contributed by atoms with Gasteiger partial charge in [0, 0.05) is 24.7 Å². The van der Waals surface area contributed by atoms with E-state index in [0.29, 0.717) is 24.4 Å². The van der Waals surface area contributed by atoms with Gasteiger partial charge in [-0.15, -0.1) is 0 Å². The fourth-order valence-electron chi connectivity index (χ4n) is 4.89. The number of rotatable bonds is 3. The molecule has 1 saturated carbocycles. The highest BCUT2D eigenvalue weighted by Gasteiger charge is 2.50. The van der Waals surface area contributed by atoms with Crippen LogP contribution in [0, 0.1) is 5.92 Å². The van der Waals surface area contributed by atoms with Crippen molar-refractivity contribution in [2.45, 2.75) is 43.7 Å². The van der Waals surface area contributed by atoms with Crippen molar-refractivity contribution in [3.05, 3.63) is 59.8 Å². The minimum absolute atomic E-state index is 0.0371. The Hall–Kier alpha value is -2.40. The lowest BCUT2D eigenvalue weighted by Gasteiger charge is -2.52. The van der Waals surface area contributed by atoms with Gasteiger partial charge in [-0.25, -0.2) is 4.98 Å². The first kappa shape index (κ1) is 18.0. The summed E-state index contributed by atoms with van der Waals surface area (Å²) in [6, 6.07) is 13.5. The third kappa shape index (κ3) is 3.10. The molecule has 1 N–H and O–H groups in total. The van der Waals surface area contributed by atoms with Crippen LogP contribution in [0.1, 0.15) is 48.0 Å². The Morgan fingerprint density at radius 3 is 2.74 bits per heavy atom. The topological polar surface area (TPSA) is 62.7 Å². The van der Waals surface area contributed by atoms with Gasteiger partial charge in [0.05, 0.1) is 12.7 Å². The number of hydrogen-bond donors (Lipinski definition) is 1. The fraction of sp³-hybridized carbons (Fsp3) is 0.455. The van der Waals surface area contributed by atoms with Crippen molar-refractivity contribution in [3.63, 3.8) is 0 Å². The van der Waals surface area contributed by atoms with Crippen molar-refractivity contribution in [3.8, 4) is 5.88 Å². The van der Waals surface area contributed by atoms with E-state index in [9.17, 15) is 9.90 Å². The Kier molecular flexibility index (Phi) is 4.87. The number of methoxy groups -OCH3 is 1. The molecule has 1 aliphatic heterocycles. The summed E-state index contributed by atoms with van der Waals surface area (Å²) in [5.41, 5.74) is 0.588. The van der Waals surface area contributed by atoms with Crippen molar-refractivity contribution < 1.29 is 14.6 Å². The summed E-state index contributed by atoms with van der Waals surface area (Å²) in [5, 5.41) is 11.6. The standard InChI is InChI=1S/C22H26N2O3/c1-27-20-17(10-7-14-23-20)21(25)24-15-13-22(26,16-8-3-2-4-9-16)18-11-5-6-12-19(18)24/h2-4,7-10,14,18-19,26H,5-6,11-13,15H2,1H3/t18-,19+,22?/m1/s1. The Bertz CT molecular complexity index is 810. The molecular weight excluding hydrogens is 340 g/mol. The van der Waals surface area contributed by atoms with E-state index in [2.05, 4.69) is 4.98 Å². The summed E-state index contributed by atoms with van der Waals surface area (Å²) in [4.78, 5) is 19.4. The average Bonchev–Trinajstić information content (AvgIpc) is 2.74. The van der Waals surface area contributed by atoms with E-state index in [1.165, 1.54) is 7.11 Å². The first-order valence-electron chi connectivity index (χ1n) is 9.73. The third-order valence-corrected chi connectivity index (χ3v) is 6.21. The molecule has 5 heteroatoms. The van der Waals surface area contributed by atoms with Crippen molar-refractivity contribution in [2.24, 2.45) is 5.92 Å². The molecule has 1 aromatic carbocycles. The normalized spacial score (nSPS) is 27.7. The van der Waals surface area contributed by atoms with E-state index >= 15 is 0 Å². The lowest BCUT2D eigenvalue weighted by molar-refractivity contribution is -0.110. The molecular formula is C22H26N2O3. The van der Waals surface area contributed by atoms with Gasteiger partial charge in [-0.2, -0.15) is 0 Å². The molecule has 2 heterocycles. The predicted molar refractivity (Wildman–Crippen MR) is 103 cm³/mol. The number of hydrogen-bond acceptors (Lipinski definition) is 4. The van der Waals surface area contributed by atoms with E-state index in [4.69, 9.17) is 4.74 Å². The number of fused-ring (bicyclic) bond motifs is 1. The minimum atomic E-state index is -0.873. The molecule has 0 bridgehead atoms. The molecule has 0 radical (unpaired) electrons. The Morgan fingerprint density at radius 1 is 1.19 bits per heavy atom. The molecule has 27 heavy (non-hydrogen) atoms. The maximum atomic E-state index is 13.3. The number of carbonyl (C=O) groups excluding carboxylic acids is 1. The number of amides is 1. The molecule has 142 valence electrons. The van der Waals surface area contributed by atoms with Gasteiger partial charge in [0.15, 0.2) is 0 Å². The van der Waals surface area contributed by atoms with Crippen LogP contribution >= 0.6 is 0 Å². The monoisotopic (exact) mass is 366 g/mol. The van der Waals surface area contributed by atoms with Gasteiger partial charge in [0.2, 0.25) is 5.88 Å². The first-order valence-corrected chi connectivity index (χ1v) is 9.73. The van der Waals surface area contributed by atoms with Crippen LogP contribution in [-0.4, -0.2) is 40.6 Å². The zero-order valence-electron chi connectivity index (χ0n) is 15.7. The minimum Gasteiger partial charge on any atom is -0.480 e. The molecule has 3 atom stereocenters. The second kappa shape index (κ2) is 7.31.